The Kier molecular flexibility index (Phi) is 9.75. The van der Waals surface area contributed by atoms with Crippen molar-refractivity contribution in [3.8, 4) is 0 Å². The molecule has 244 valence electrons. The van der Waals surface area contributed by atoms with Crippen molar-refractivity contribution in [2.45, 2.75) is 129 Å². The van der Waals surface area contributed by atoms with Gasteiger partial charge in [-0.05, 0) is 68.9 Å². The lowest BCUT2D eigenvalue weighted by Crippen LogP contribution is -2.63. The van der Waals surface area contributed by atoms with Gasteiger partial charge in [-0.15, -0.1) is 0 Å². The largest absolute Gasteiger partial charge is 0.457 e. The van der Waals surface area contributed by atoms with E-state index in [1.54, 1.807) is 26.0 Å². The smallest absolute Gasteiger partial charge is 0.308 e. The highest BCUT2D eigenvalue weighted by Gasteiger charge is 2.76. The van der Waals surface area contributed by atoms with E-state index >= 15 is 0 Å². The topological polar surface area (TPSA) is 116 Å². The van der Waals surface area contributed by atoms with E-state index in [0.29, 0.717) is 19.3 Å². The molecule has 0 amide bonds. The zero-order valence-corrected chi connectivity index (χ0v) is 27.2. The van der Waals surface area contributed by atoms with Gasteiger partial charge < -0.3 is 24.1 Å². The van der Waals surface area contributed by atoms with Crippen LogP contribution in [0.5, 0.6) is 0 Å². The number of esters is 1. The van der Waals surface area contributed by atoms with Gasteiger partial charge in [-0.25, -0.2) is 0 Å². The number of Topliss-reactive ketones (excluding diaryl/α,β-unsaturated/α-hetero) is 1. The molecule has 1 aliphatic heterocycles. The summed E-state index contributed by atoms with van der Waals surface area (Å²) in [6, 6.07) is 0. The Hall–Kier alpha value is -2.16. The first-order chi connectivity index (χ1) is 20.9. The van der Waals surface area contributed by atoms with E-state index in [1.165, 1.54) is 6.42 Å². The SMILES string of the molecule is CC(C)C(=O)OCC(=O)[C@@]12O[C@H](C3CCCCC3)O[C@@H]1C[C@H]1[C@@H]3CCC4=CC(=O)C=C[C@]4(C)[C@H]3[C@@H](O)C[C@@]12C.CCCC=O. The van der Waals surface area contributed by atoms with E-state index in [4.69, 9.17) is 14.2 Å². The van der Waals surface area contributed by atoms with Crippen LogP contribution in [-0.2, 0) is 33.4 Å². The third-order valence-corrected chi connectivity index (χ3v) is 11.9. The molecule has 4 saturated carbocycles. The number of aldehydes is 1. The van der Waals surface area contributed by atoms with E-state index < -0.39 is 35.5 Å². The number of allylic oxidation sites excluding steroid dienone is 4. The number of hydrogen-bond donors (Lipinski definition) is 1. The first-order valence-electron chi connectivity index (χ1n) is 17.0. The summed E-state index contributed by atoms with van der Waals surface area (Å²) in [5, 5.41) is 11.9. The van der Waals surface area contributed by atoms with Crippen LogP contribution >= 0.6 is 0 Å². The second-order valence-corrected chi connectivity index (χ2v) is 14.8. The lowest BCUT2D eigenvalue weighted by atomic mass is 9.46. The van der Waals surface area contributed by atoms with Gasteiger partial charge in [0.2, 0.25) is 5.78 Å². The Morgan fingerprint density at radius 3 is 2.52 bits per heavy atom. The zero-order valence-electron chi connectivity index (χ0n) is 27.2. The molecule has 9 atom stereocenters. The molecule has 8 heteroatoms. The molecule has 0 aromatic rings. The standard InChI is InChI=1S/C32H44O7.C4H8O/c1-18(2)28(36)37-17-25(35)32-26(38-29(39-32)19-8-6-5-7-9-19)15-23-22-11-10-20-14-21(33)12-13-30(20,3)27(22)24(34)16-31(23,32)4;1-2-3-4-5/h12-14,18-19,22-24,26-27,29,34H,5-11,15-17H2,1-4H3;4H,2-3H2,1H3/t22-,23-,24-,26+,27+,29+,30-,31-,32+;/m0./s1. The van der Waals surface area contributed by atoms with Crippen molar-refractivity contribution in [3.63, 3.8) is 0 Å². The van der Waals surface area contributed by atoms with Crippen LogP contribution in [-0.4, -0.2) is 59.6 Å². The average molecular weight is 613 g/mol. The summed E-state index contributed by atoms with van der Waals surface area (Å²) < 4.78 is 19.0. The van der Waals surface area contributed by atoms with Crippen molar-refractivity contribution in [1.29, 1.82) is 0 Å². The number of carbonyl (C=O) groups is 4. The van der Waals surface area contributed by atoms with E-state index in [9.17, 15) is 24.3 Å². The molecule has 5 fully saturated rings. The summed E-state index contributed by atoms with van der Waals surface area (Å²) in [5.74, 6) is -0.471. The molecule has 6 aliphatic rings. The summed E-state index contributed by atoms with van der Waals surface area (Å²) in [7, 11) is 0. The molecule has 1 saturated heterocycles. The lowest BCUT2D eigenvalue weighted by Gasteiger charge is -2.59. The fraction of sp³-hybridized carbons (Fsp3) is 0.778. The van der Waals surface area contributed by atoms with Crippen molar-refractivity contribution in [3.05, 3.63) is 23.8 Å². The molecule has 1 heterocycles. The number of carbonyl (C=O) groups excluding carboxylic acids is 4. The normalized spacial score (nSPS) is 41.0. The summed E-state index contributed by atoms with van der Waals surface area (Å²) in [6.45, 7) is 9.42. The number of fused-ring (bicyclic) bond motifs is 7. The Morgan fingerprint density at radius 1 is 1.16 bits per heavy atom. The first kappa shape index (κ1) is 33.2. The average Bonchev–Trinajstić information content (AvgIpc) is 3.50. The quantitative estimate of drug-likeness (QED) is 0.288. The lowest BCUT2D eigenvalue weighted by molar-refractivity contribution is -0.210. The minimum absolute atomic E-state index is 0.0162. The van der Waals surface area contributed by atoms with Crippen LogP contribution in [0.2, 0.25) is 0 Å². The highest BCUT2D eigenvalue weighted by Crippen LogP contribution is 2.70. The van der Waals surface area contributed by atoms with Crippen LogP contribution in [0.25, 0.3) is 0 Å². The van der Waals surface area contributed by atoms with Crippen molar-refractivity contribution in [1.82, 2.24) is 0 Å². The molecular weight excluding hydrogens is 560 g/mol. The van der Waals surface area contributed by atoms with Gasteiger partial charge in [0.05, 0.1) is 18.1 Å². The summed E-state index contributed by atoms with van der Waals surface area (Å²) in [6.07, 6.45) is 14.8. The van der Waals surface area contributed by atoms with Gasteiger partial charge in [-0.3, -0.25) is 14.4 Å². The molecule has 44 heavy (non-hydrogen) atoms. The predicted octanol–water partition coefficient (Wildman–Crippen LogP) is 5.69. The molecule has 0 aromatic heterocycles. The predicted molar refractivity (Wildman–Crippen MR) is 164 cm³/mol. The molecule has 0 radical (unpaired) electrons. The number of ether oxygens (including phenoxy) is 3. The second kappa shape index (κ2) is 12.9. The second-order valence-electron chi connectivity index (χ2n) is 14.8. The van der Waals surface area contributed by atoms with Gasteiger partial charge >= 0.3 is 5.97 Å². The molecule has 8 nitrogen and oxygen atoms in total. The molecule has 0 unspecified atom stereocenters. The van der Waals surface area contributed by atoms with Gasteiger partial charge in [-0.2, -0.15) is 0 Å². The van der Waals surface area contributed by atoms with E-state index in [1.807, 2.05) is 13.0 Å². The molecule has 0 bridgehead atoms. The van der Waals surface area contributed by atoms with Crippen molar-refractivity contribution in [2.75, 3.05) is 6.61 Å². The summed E-state index contributed by atoms with van der Waals surface area (Å²) in [5.41, 5.74) is -1.19. The number of unbranched alkanes of at least 4 members (excludes halogenated alkanes) is 1. The fourth-order valence-corrected chi connectivity index (χ4v) is 9.74. The highest BCUT2D eigenvalue weighted by molar-refractivity contribution is 6.01. The maximum Gasteiger partial charge on any atom is 0.308 e. The van der Waals surface area contributed by atoms with Crippen LogP contribution in [0.3, 0.4) is 0 Å². The Balaban J connectivity index is 0.000000712. The van der Waals surface area contributed by atoms with Crippen molar-refractivity contribution < 1.29 is 38.5 Å². The Labute approximate surface area is 262 Å². The summed E-state index contributed by atoms with van der Waals surface area (Å²) >= 11 is 0. The van der Waals surface area contributed by atoms with Crippen LogP contribution in [0.1, 0.15) is 105 Å². The minimum Gasteiger partial charge on any atom is -0.457 e. The number of hydrogen-bond acceptors (Lipinski definition) is 8. The summed E-state index contributed by atoms with van der Waals surface area (Å²) in [4.78, 5) is 48.1. The van der Waals surface area contributed by atoms with Gasteiger partial charge in [-0.1, -0.05) is 65.5 Å². The van der Waals surface area contributed by atoms with Gasteiger partial charge in [0.15, 0.2) is 24.3 Å². The first-order valence-corrected chi connectivity index (χ1v) is 17.0. The molecule has 0 spiro atoms. The van der Waals surface area contributed by atoms with Gasteiger partial charge in [0, 0.05) is 29.1 Å². The van der Waals surface area contributed by atoms with E-state index in [2.05, 4.69) is 13.8 Å². The molecule has 5 aliphatic carbocycles. The van der Waals surface area contributed by atoms with Crippen molar-refractivity contribution in [2.24, 2.45) is 40.4 Å². The maximum absolute atomic E-state index is 14.2. The number of rotatable bonds is 7. The van der Waals surface area contributed by atoms with E-state index in [0.717, 1.165) is 56.8 Å². The van der Waals surface area contributed by atoms with E-state index in [-0.39, 0.29) is 53.2 Å². The fourth-order valence-electron chi connectivity index (χ4n) is 9.74. The molecule has 6 rings (SSSR count). The third kappa shape index (κ3) is 5.47. The van der Waals surface area contributed by atoms with Gasteiger partial charge in [0.1, 0.15) is 6.29 Å². The minimum atomic E-state index is -1.25. The zero-order chi connectivity index (χ0) is 31.9. The Bertz CT molecular complexity index is 1180. The molecular formula is C36H52O8. The van der Waals surface area contributed by atoms with Crippen molar-refractivity contribution >= 4 is 23.8 Å². The monoisotopic (exact) mass is 612 g/mol. The molecule has 1 N–H and O–H groups in total. The van der Waals surface area contributed by atoms with Crippen LogP contribution in [0.15, 0.2) is 23.8 Å². The van der Waals surface area contributed by atoms with Crippen LogP contribution in [0, 0.1) is 40.4 Å². The van der Waals surface area contributed by atoms with Crippen LogP contribution in [0.4, 0.5) is 0 Å². The van der Waals surface area contributed by atoms with Crippen LogP contribution < -0.4 is 0 Å². The highest BCUT2D eigenvalue weighted by atomic mass is 16.7. The number of aliphatic hydroxyl groups is 1. The third-order valence-electron chi connectivity index (χ3n) is 11.9. The van der Waals surface area contributed by atoms with Gasteiger partial charge in [0.25, 0.3) is 0 Å². The maximum atomic E-state index is 14.2. The molecule has 0 aromatic carbocycles. The number of ketones is 2. The number of aliphatic hydroxyl groups excluding tert-OH is 1. The Morgan fingerprint density at radius 2 is 1.89 bits per heavy atom.